The Labute approximate surface area is 172 Å². The Balaban J connectivity index is 0.00000261. The smallest absolute Gasteiger partial charge is 0.273 e. The summed E-state index contributed by atoms with van der Waals surface area (Å²) in [5.74, 6) is -0.657. The lowest BCUT2D eigenvalue weighted by molar-refractivity contribution is 0.0995. The maximum atomic E-state index is 12.6. The molecule has 3 rings (SSSR count). The number of rotatable bonds is 5. The summed E-state index contributed by atoms with van der Waals surface area (Å²) in [5, 5.41) is 6.33. The maximum absolute atomic E-state index is 12.6. The molecule has 1 aliphatic rings. The topological polar surface area (TPSA) is 109 Å². The summed E-state index contributed by atoms with van der Waals surface area (Å²) in [6.45, 7) is 3.28. The van der Waals surface area contributed by atoms with Crippen LogP contribution in [0.4, 0.5) is 5.69 Å². The van der Waals surface area contributed by atoms with Gasteiger partial charge in [0.15, 0.2) is 0 Å². The largest absolute Gasteiger partial charge is 0.487 e. The van der Waals surface area contributed by atoms with Crippen molar-refractivity contribution < 1.29 is 14.3 Å². The number of amides is 2. The fraction of sp³-hybridized carbons (Fsp3) is 0.294. The van der Waals surface area contributed by atoms with Gasteiger partial charge in [0, 0.05) is 17.8 Å². The molecule has 146 valence electrons. The fourth-order valence-electron chi connectivity index (χ4n) is 2.70. The third-order valence-corrected chi connectivity index (χ3v) is 5.05. The van der Waals surface area contributed by atoms with Crippen molar-refractivity contribution in [3.8, 4) is 5.75 Å². The second-order valence-corrected chi connectivity index (χ2v) is 6.77. The van der Waals surface area contributed by atoms with Crippen molar-refractivity contribution in [2.75, 3.05) is 18.4 Å². The van der Waals surface area contributed by atoms with Crippen LogP contribution in [0.1, 0.15) is 33.0 Å². The van der Waals surface area contributed by atoms with E-state index in [4.69, 9.17) is 33.7 Å². The van der Waals surface area contributed by atoms with E-state index in [1.54, 1.807) is 19.1 Å². The summed E-state index contributed by atoms with van der Waals surface area (Å²) < 4.78 is 5.94. The van der Waals surface area contributed by atoms with Crippen LogP contribution in [0.3, 0.4) is 0 Å². The van der Waals surface area contributed by atoms with Gasteiger partial charge in [-0.05, 0) is 38.1 Å². The first kappa shape index (κ1) is 21.4. The SMILES string of the molecule is Cc1[nH]c(C(=O)Nc2cc(C(N)=O)ccc2OC2CCNC2)c(Cl)c1Cl.Cl. The number of aryl methyl sites for hydroxylation is 1. The second kappa shape index (κ2) is 8.84. The lowest BCUT2D eigenvalue weighted by Crippen LogP contribution is -2.21. The third-order valence-electron chi connectivity index (χ3n) is 4.10. The number of carbonyl (C=O) groups excluding carboxylic acids is 2. The molecule has 1 atom stereocenters. The number of benzene rings is 1. The van der Waals surface area contributed by atoms with Crippen molar-refractivity contribution in [2.24, 2.45) is 5.73 Å². The zero-order valence-corrected chi connectivity index (χ0v) is 16.7. The molecule has 1 fully saturated rings. The van der Waals surface area contributed by atoms with E-state index in [1.165, 1.54) is 6.07 Å². The van der Waals surface area contributed by atoms with E-state index in [-0.39, 0.29) is 39.8 Å². The van der Waals surface area contributed by atoms with Gasteiger partial charge in [-0.1, -0.05) is 23.2 Å². The molecule has 1 aliphatic heterocycles. The number of hydrogen-bond donors (Lipinski definition) is 4. The van der Waals surface area contributed by atoms with Gasteiger partial charge in [-0.3, -0.25) is 9.59 Å². The van der Waals surface area contributed by atoms with Crippen LogP contribution in [0.25, 0.3) is 0 Å². The van der Waals surface area contributed by atoms with Crippen LogP contribution >= 0.6 is 35.6 Å². The molecule has 1 saturated heterocycles. The van der Waals surface area contributed by atoms with Gasteiger partial charge in [-0.25, -0.2) is 0 Å². The molecular weight excluding hydrogens is 415 g/mol. The number of H-pyrrole nitrogens is 1. The summed E-state index contributed by atoms with van der Waals surface area (Å²) in [7, 11) is 0. The predicted molar refractivity (Wildman–Crippen MR) is 108 cm³/mol. The van der Waals surface area contributed by atoms with Crippen LogP contribution in [0.5, 0.6) is 5.75 Å². The van der Waals surface area contributed by atoms with Gasteiger partial charge in [-0.15, -0.1) is 12.4 Å². The van der Waals surface area contributed by atoms with Crippen molar-refractivity contribution >= 4 is 53.1 Å². The van der Waals surface area contributed by atoms with Crippen molar-refractivity contribution in [3.63, 3.8) is 0 Å². The highest BCUT2D eigenvalue weighted by atomic mass is 35.5. The number of ether oxygens (including phenoxy) is 1. The van der Waals surface area contributed by atoms with Crippen LogP contribution in [0.15, 0.2) is 18.2 Å². The molecule has 1 aromatic heterocycles. The predicted octanol–water partition coefficient (Wildman–Crippen LogP) is 3.14. The number of primary amides is 1. The Kier molecular flexibility index (Phi) is 7.00. The number of aromatic amines is 1. The molecule has 2 aromatic rings. The van der Waals surface area contributed by atoms with E-state index >= 15 is 0 Å². The summed E-state index contributed by atoms with van der Waals surface area (Å²) in [4.78, 5) is 26.9. The van der Waals surface area contributed by atoms with Crippen LogP contribution in [-0.4, -0.2) is 36.0 Å². The molecule has 5 N–H and O–H groups in total. The Morgan fingerprint density at radius 2 is 2.04 bits per heavy atom. The molecule has 10 heteroatoms. The number of nitrogens with two attached hydrogens (primary N) is 1. The fourth-order valence-corrected chi connectivity index (χ4v) is 3.12. The zero-order valence-electron chi connectivity index (χ0n) is 14.4. The molecule has 0 saturated carbocycles. The summed E-state index contributed by atoms with van der Waals surface area (Å²) in [6.07, 6.45) is 0.832. The van der Waals surface area contributed by atoms with E-state index < -0.39 is 11.8 Å². The van der Waals surface area contributed by atoms with Gasteiger partial charge in [0.2, 0.25) is 5.91 Å². The average molecular weight is 434 g/mol. The van der Waals surface area contributed by atoms with Gasteiger partial charge in [0.05, 0.1) is 15.7 Å². The Bertz CT molecular complexity index is 863. The minimum atomic E-state index is -0.605. The minimum Gasteiger partial charge on any atom is -0.487 e. The van der Waals surface area contributed by atoms with Crippen LogP contribution in [0, 0.1) is 6.92 Å². The van der Waals surface area contributed by atoms with E-state index in [9.17, 15) is 9.59 Å². The van der Waals surface area contributed by atoms with E-state index in [2.05, 4.69) is 15.6 Å². The molecule has 27 heavy (non-hydrogen) atoms. The Morgan fingerprint density at radius 1 is 1.30 bits per heavy atom. The molecule has 0 aliphatic carbocycles. The van der Waals surface area contributed by atoms with E-state index in [0.717, 1.165) is 13.0 Å². The molecule has 1 unspecified atom stereocenters. The average Bonchev–Trinajstić information content (AvgIpc) is 3.20. The standard InChI is InChI=1S/C17H18Cl2N4O3.ClH/c1-8-13(18)14(19)15(22-8)17(25)23-11-6-9(16(20)24)2-3-12(11)26-10-4-5-21-7-10;/h2-3,6,10,21-22H,4-5,7H2,1H3,(H2,20,24)(H,23,25);1H. The van der Waals surface area contributed by atoms with Gasteiger partial charge < -0.3 is 26.1 Å². The minimum absolute atomic E-state index is 0. The molecule has 0 bridgehead atoms. The number of halogens is 3. The van der Waals surface area contributed by atoms with Crippen molar-refractivity contribution in [1.82, 2.24) is 10.3 Å². The van der Waals surface area contributed by atoms with Gasteiger partial charge in [-0.2, -0.15) is 0 Å². The van der Waals surface area contributed by atoms with Crippen molar-refractivity contribution in [1.29, 1.82) is 0 Å². The maximum Gasteiger partial charge on any atom is 0.273 e. The second-order valence-electron chi connectivity index (χ2n) is 6.01. The molecule has 2 heterocycles. The quantitative estimate of drug-likeness (QED) is 0.580. The van der Waals surface area contributed by atoms with Gasteiger partial charge >= 0.3 is 0 Å². The number of carbonyl (C=O) groups is 2. The summed E-state index contributed by atoms with van der Waals surface area (Å²) in [5.41, 5.74) is 6.64. The first-order valence-corrected chi connectivity index (χ1v) is 8.78. The van der Waals surface area contributed by atoms with Crippen molar-refractivity contribution in [2.45, 2.75) is 19.4 Å². The highest BCUT2D eigenvalue weighted by Gasteiger charge is 2.22. The molecular formula is C17H19Cl3N4O3. The highest BCUT2D eigenvalue weighted by Crippen LogP contribution is 2.32. The Hall–Kier alpha value is -1.93. The van der Waals surface area contributed by atoms with Gasteiger partial charge in [0.25, 0.3) is 5.91 Å². The molecule has 2 amide bonds. The first-order chi connectivity index (χ1) is 12.4. The number of nitrogens with one attached hydrogen (secondary N) is 3. The van der Waals surface area contributed by atoms with E-state index in [1.807, 2.05) is 0 Å². The number of aromatic nitrogens is 1. The number of anilines is 1. The molecule has 0 spiro atoms. The normalized spacial score (nSPS) is 15.9. The van der Waals surface area contributed by atoms with Crippen molar-refractivity contribution in [3.05, 3.63) is 45.2 Å². The van der Waals surface area contributed by atoms with Crippen LogP contribution in [0.2, 0.25) is 10.0 Å². The third kappa shape index (κ3) is 4.68. The monoisotopic (exact) mass is 432 g/mol. The lowest BCUT2D eigenvalue weighted by Gasteiger charge is -2.17. The van der Waals surface area contributed by atoms with Crippen LogP contribution in [-0.2, 0) is 0 Å². The lowest BCUT2D eigenvalue weighted by atomic mass is 10.1. The van der Waals surface area contributed by atoms with Gasteiger partial charge in [0.1, 0.15) is 17.5 Å². The first-order valence-electron chi connectivity index (χ1n) is 8.03. The summed E-state index contributed by atoms with van der Waals surface area (Å²) in [6, 6.07) is 4.64. The summed E-state index contributed by atoms with van der Waals surface area (Å²) >= 11 is 12.1. The molecule has 1 aromatic carbocycles. The van der Waals surface area contributed by atoms with Crippen LogP contribution < -0.4 is 21.1 Å². The highest BCUT2D eigenvalue weighted by molar-refractivity contribution is 6.44. The molecule has 0 radical (unpaired) electrons. The molecule has 7 nitrogen and oxygen atoms in total. The number of hydrogen-bond acceptors (Lipinski definition) is 4. The zero-order chi connectivity index (χ0) is 18.8. The van der Waals surface area contributed by atoms with E-state index in [0.29, 0.717) is 23.7 Å². The Morgan fingerprint density at radius 3 is 2.59 bits per heavy atom.